The number of rotatable bonds is 7. The molecule has 0 saturated carbocycles. The van der Waals surface area contributed by atoms with Crippen molar-refractivity contribution >= 4 is 17.5 Å². The molecule has 5 rings (SSSR count). The number of likely N-dealkylation sites (tertiary alicyclic amines) is 1. The molecule has 1 atom stereocenters. The van der Waals surface area contributed by atoms with Gasteiger partial charge in [-0.15, -0.1) is 0 Å². The number of hydrogen-bond acceptors (Lipinski definition) is 6. The number of hydrogen-bond donors (Lipinski definition) is 1. The van der Waals surface area contributed by atoms with Gasteiger partial charge in [0.1, 0.15) is 0 Å². The summed E-state index contributed by atoms with van der Waals surface area (Å²) in [6.45, 7) is 2.90. The summed E-state index contributed by atoms with van der Waals surface area (Å²) in [6, 6.07) is 19.2. The van der Waals surface area contributed by atoms with Crippen molar-refractivity contribution in [3.05, 3.63) is 95.6 Å². The van der Waals surface area contributed by atoms with Crippen LogP contribution < -0.4 is 5.32 Å². The SMILES string of the molecule is Cc1ccc(Cc2noc(-c3ccc(NC(=O)C4CC(=O)N(Cc5cccnc5)C4)cc3)n2)cc1. The van der Waals surface area contributed by atoms with E-state index in [1.807, 2.05) is 31.2 Å². The Hall–Kier alpha value is -4.33. The molecule has 0 spiro atoms. The van der Waals surface area contributed by atoms with Gasteiger partial charge < -0.3 is 14.7 Å². The molecule has 3 heterocycles. The van der Waals surface area contributed by atoms with Crippen LogP contribution in [0.3, 0.4) is 0 Å². The van der Waals surface area contributed by atoms with E-state index in [0.717, 1.165) is 16.7 Å². The van der Waals surface area contributed by atoms with Crippen molar-refractivity contribution in [1.29, 1.82) is 0 Å². The Kier molecular flexibility index (Phi) is 6.34. The van der Waals surface area contributed by atoms with Crippen LogP contribution in [0.5, 0.6) is 0 Å². The minimum Gasteiger partial charge on any atom is -0.337 e. The van der Waals surface area contributed by atoms with Crippen LogP contribution in [0.2, 0.25) is 0 Å². The average molecular weight is 468 g/mol. The summed E-state index contributed by atoms with van der Waals surface area (Å²) in [6.07, 6.45) is 4.22. The Morgan fingerprint density at radius 1 is 1.09 bits per heavy atom. The molecule has 176 valence electrons. The molecule has 2 aromatic heterocycles. The summed E-state index contributed by atoms with van der Waals surface area (Å²) in [5, 5.41) is 6.99. The quantitative estimate of drug-likeness (QED) is 0.441. The van der Waals surface area contributed by atoms with Gasteiger partial charge in [0.15, 0.2) is 5.82 Å². The highest BCUT2D eigenvalue weighted by atomic mass is 16.5. The zero-order valence-corrected chi connectivity index (χ0v) is 19.3. The number of nitrogens with zero attached hydrogens (tertiary/aromatic N) is 4. The fourth-order valence-electron chi connectivity index (χ4n) is 4.08. The van der Waals surface area contributed by atoms with Crippen molar-refractivity contribution in [2.24, 2.45) is 5.92 Å². The third-order valence-electron chi connectivity index (χ3n) is 6.03. The first-order valence-corrected chi connectivity index (χ1v) is 11.5. The van der Waals surface area contributed by atoms with Gasteiger partial charge in [0.25, 0.3) is 5.89 Å². The van der Waals surface area contributed by atoms with Crippen LogP contribution in [0.4, 0.5) is 5.69 Å². The molecule has 8 nitrogen and oxygen atoms in total. The second-order valence-corrected chi connectivity index (χ2v) is 8.78. The van der Waals surface area contributed by atoms with Crippen molar-refractivity contribution in [3.63, 3.8) is 0 Å². The third kappa shape index (κ3) is 5.43. The number of pyridine rings is 1. The number of aryl methyl sites for hydroxylation is 1. The van der Waals surface area contributed by atoms with Gasteiger partial charge in [-0.25, -0.2) is 0 Å². The number of carbonyl (C=O) groups is 2. The molecule has 1 N–H and O–H groups in total. The predicted octanol–water partition coefficient (Wildman–Crippen LogP) is 4.02. The first kappa shape index (κ1) is 22.5. The molecule has 0 aliphatic carbocycles. The number of amides is 2. The fourth-order valence-corrected chi connectivity index (χ4v) is 4.08. The lowest BCUT2D eigenvalue weighted by atomic mass is 10.1. The summed E-state index contributed by atoms with van der Waals surface area (Å²) < 4.78 is 5.43. The Bertz CT molecular complexity index is 1320. The Morgan fingerprint density at radius 2 is 1.89 bits per heavy atom. The maximum absolute atomic E-state index is 12.8. The summed E-state index contributed by atoms with van der Waals surface area (Å²) in [7, 11) is 0. The van der Waals surface area contributed by atoms with Crippen LogP contribution in [0.1, 0.15) is 28.9 Å². The van der Waals surface area contributed by atoms with Crippen molar-refractivity contribution in [2.75, 3.05) is 11.9 Å². The first-order chi connectivity index (χ1) is 17.0. The molecule has 1 fully saturated rings. The molecule has 35 heavy (non-hydrogen) atoms. The van der Waals surface area contributed by atoms with Crippen LogP contribution in [0, 0.1) is 12.8 Å². The number of carbonyl (C=O) groups excluding carboxylic acids is 2. The summed E-state index contributed by atoms with van der Waals surface area (Å²) in [5.74, 6) is 0.458. The first-order valence-electron chi connectivity index (χ1n) is 11.5. The summed E-state index contributed by atoms with van der Waals surface area (Å²) in [5.41, 5.74) is 4.68. The molecule has 1 aliphatic heterocycles. The average Bonchev–Trinajstić information content (AvgIpc) is 3.48. The van der Waals surface area contributed by atoms with E-state index < -0.39 is 0 Å². The van der Waals surface area contributed by atoms with Gasteiger partial charge >= 0.3 is 0 Å². The molecular formula is C27H25N5O3. The van der Waals surface area contributed by atoms with Crippen molar-refractivity contribution in [2.45, 2.75) is 26.3 Å². The van der Waals surface area contributed by atoms with E-state index >= 15 is 0 Å². The lowest BCUT2D eigenvalue weighted by Gasteiger charge is -2.16. The van der Waals surface area contributed by atoms with Gasteiger partial charge in [0, 0.05) is 49.6 Å². The molecule has 8 heteroatoms. The summed E-state index contributed by atoms with van der Waals surface area (Å²) in [4.78, 5) is 35.4. The van der Waals surface area contributed by atoms with Crippen LogP contribution in [-0.4, -0.2) is 38.4 Å². The molecule has 1 aliphatic rings. The van der Waals surface area contributed by atoms with E-state index in [4.69, 9.17) is 4.52 Å². The minimum absolute atomic E-state index is 0.0258. The lowest BCUT2D eigenvalue weighted by molar-refractivity contribution is -0.128. The highest BCUT2D eigenvalue weighted by Gasteiger charge is 2.34. The molecule has 0 radical (unpaired) electrons. The number of aromatic nitrogens is 3. The topological polar surface area (TPSA) is 101 Å². The van der Waals surface area contributed by atoms with Gasteiger partial charge in [-0.2, -0.15) is 4.98 Å². The normalized spacial score (nSPS) is 15.4. The van der Waals surface area contributed by atoms with Crippen molar-refractivity contribution in [3.8, 4) is 11.5 Å². The second kappa shape index (κ2) is 9.89. The van der Waals surface area contributed by atoms with E-state index in [1.54, 1.807) is 29.4 Å². The number of nitrogens with one attached hydrogen (secondary N) is 1. The third-order valence-corrected chi connectivity index (χ3v) is 6.03. The smallest absolute Gasteiger partial charge is 0.257 e. The van der Waals surface area contributed by atoms with Gasteiger partial charge in [-0.1, -0.05) is 41.1 Å². The zero-order valence-electron chi connectivity index (χ0n) is 19.3. The molecule has 2 amide bonds. The zero-order chi connectivity index (χ0) is 24.2. The van der Waals surface area contributed by atoms with Crippen molar-refractivity contribution < 1.29 is 14.1 Å². The highest BCUT2D eigenvalue weighted by molar-refractivity contribution is 5.97. The predicted molar refractivity (Wildman–Crippen MR) is 130 cm³/mol. The Morgan fingerprint density at radius 3 is 2.63 bits per heavy atom. The Labute approximate surface area is 203 Å². The van der Waals surface area contributed by atoms with E-state index in [-0.39, 0.29) is 24.2 Å². The number of benzene rings is 2. The molecule has 2 aromatic carbocycles. The van der Waals surface area contributed by atoms with Gasteiger partial charge in [-0.05, 0) is 48.4 Å². The van der Waals surface area contributed by atoms with Crippen LogP contribution in [0.15, 0.2) is 77.6 Å². The fraction of sp³-hybridized carbons (Fsp3) is 0.222. The van der Waals surface area contributed by atoms with E-state index in [2.05, 4.69) is 44.7 Å². The van der Waals surface area contributed by atoms with E-state index in [0.29, 0.717) is 36.9 Å². The van der Waals surface area contributed by atoms with Crippen LogP contribution in [-0.2, 0) is 22.6 Å². The monoisotopic (exact) mass is 467 g/mol. The largest absolute Gasteiger partial charge is 0.337 e. The standard InChI is InChI=1S/C27H25N5O3/c1-18-4-6-19(7-5-18)13-24-30-27(35-31-24)21-8-10-23(11-9-21)29-26(34)22-14-25(33)32(17-22)16-20-3-2-12-28-15-20/h2-12,15,22H,13-14,16-17H2,1H3,(H,29,34). The van der Waals surface area contributed by atoms with Gasteiger partial charge in [0.05, 0.1) is 5.92 Å². The molecule has 0 bridgehead atoms. The van der Waals surface area contributed by atoms with E-state index in [1.165, 1.54) is 5.56 Å². The second-order valence-electron chi connectivity index (χ2n) is 8.78. The minimum atomic E-state index is -0.390. The summed E-state index contributed by atoms with van der Waals surface area (Å²) >= 11 is 0. The molecular weight excluding hydrogens is 442 g/mol. The molecule has 1 unspecified atom stereocenters. The van der Waals surface area contributed by atoms with E-state index in [9.17, 15) is 9.59 Å². The molecule has 4 aromatic rings. The maximum atomic E-state index is 12.8. The highest BCUT2D eigenvalue weighted by Crippen LogP contribution is 2.24. The number of anilines is 1. The maximum Gasteiger partial charge on any atom is 0.257 e. The van der Waals surface area contributed by atoms with Crippen LogP contribution in [0.25, 0.3) is 11.5 Å². The van der Waals surface area contributed by atoms with Gasteiger partial charge in [0.2, 0.25) is 11.8 Å². The van der Waals surface area contributed by atoms with Crippen LogP contribution >= 0.6 is 0 Å². The van der Waals surface area contributed by atoms with Crippen molar-refractivity contribution in [1.82, 2.24) is 20.0 Å². The lowest BCUT2D eigenvalue weighted by Crippen LogP contribution is -2.28. The molecule has 1 saturated heterocycles. The van der Waals surface area contributed by atoms with Gasteiger partial charge in [-0.3, -0.25) is 14.6 Å². The Balaban J connectivity index is 1.17.